The molecule has 6 nitrogen and oxygen atoms in total. The Morgan fingerprint density at radius 2 is 1.95 bits per heavy atom. The first-order valence-corrected chi connectivity index (χ1v) is 6.58. The lowest BCUT2D eigenvalue weighted by atomic mass is 10.3. The molecule has 1 aromatic heterocycles. The van der Waals surface area contributed by atoms with Gasteiger partial charge >= 0.3 is 5.97 Å². The number of amides is 1. The molecule has 0 aromatic carbocycles. The number of carboxylic acid groups (broad SMARTS) is 1. The van der Waals surface area contributed by atoms with Gasteiger partial charge in [-0.15, -0.1) is 0 Å². The molecule has 1 rings (SSSR count). The number of aliphatic carboxylic acids is 1. The zero-order valence-electron chi connectivity index (χ0n) is 11.7. The summed E-state index contributed by atoms with van der Waals surface area (Å²) in [6.07, 6.45) is 3.30. The summed E-state index contributed by atoms with van der Waals surface area (Å²) in [5.74, 6) is -1.11. The molecule has 1 N–H and O–H groups in total. The fourth-order valence-corrected chi connectivity index (χ4v) is 1.80. The highest BCUT2D eigenvalue weighted by molar-refractivity contribution is 5.92. The quantitative estimate of drug-likeness (QED) is 0.817. The standard InChI is InChI=1S/C13H21N3O3/c1-4-7-15(8-5-2)12(17)11-6-9-16(14-11)10(3)13(18)19/h6,9-10H,4-5,7-8H2,1-3H3,(H,18,19). The lowest BCUT2D eigenvalue weighted by Gasteiger charge is -2.20. The zero-order chi connectivity index (χ0) is 14.4. The Bertz CT molecular complexity index is 436. The third-order valence-electron chi connectivity index (χ3n) is 2.86. The fraction of sp³-hybridized carbons (Fsp3) is 0.615. The lowest BCUT2D eigenvalue weighted by Crippen LogP contribution is -2.33. The molecule has 0 saturated heterocycles. The van der Waals surface area contributed by atoms with Gasteiger partial charge in [0, 0.05) is 19.3 Å². The summed E-state index contributed by atoms with van der Waals surface area (Å²) in [6.45, 7) is 6.93. The summed E-state index contributed by atoms with van der Waals surface area (Å²) in [6, 6.07) is 0.799. The smallest absolute Gasteiger partial charge is 0.328 e. The molecule has 0 spiro atoms. The maximum absolute atomic E-state index is 12.2. The summed E-state index contributed by atoms with van der Waals surface area (Å²) < 4.78 is 1.30. The summed E-state index contributed by atoms with van der Waals surface area (Å²) in [4.78, 5) is 24.8. The number of carboxylic acids is 1. The van der Waals surface area contributed by atoms with Gasteiger partial charge in [-0.25, -0.2) is 4.79 Å². The highest BCUT2D eigenvalue weighted by Crippen LogP contribution is 2.09. The van der Waals surface area contributed by atoms with Gasteiger partial charge in [-0.1, -0.05) is 13.8 Å². The van der Waals surface area contributed by atoms with Gasteiger partial charge in [-0.3, -0.25) is 9.48 Å². The monoisotopic (exact) mass is 267 g/mol. The Labute approximate surface area is 113 Å². The maximum atomic E-state index is 12.2. The highest BCUT2D eigenvalue weighted by atomic mass is 16.4. The number of aromatic nitrogens is 2. The van der Waals surface area contributed by atoms with Crippen LogP contribution in [0, 0.1) is 0 Å². The molecule has 0 bridgehead atoms. The molecule has 0 radical (unpaired) electrons. The van der Waals surface area contributed by atoms with Crippen LogP contribution in [0.25, 0.3) is 0 Å². The highest BCUT2D eigenvalue weighted by Gasteiger charge is 2.20. The van der Waals surface area contributed by atoms with Gasteiger partial charge in [0.1, 0.15) is 11.7 Å². The van der Waals surface area contributed by atoms with Crippen molar-refractivity contribution in [3.8, 4) is 0 Å². The van der Waals surface area contributed by atoms with Crippen molar-refractivity contribution in [3.05, 3.63) is 18.0 Å². The van der Waals surface area contributed by atoms with Gasteiger partial charge in [0.2, 0.25) is 0 Å². The largest absolute Gasteiger partial charge is 0.480 e. The number of carbonyl (C=O) groups excluding carboxylic acids is 1. The Morgan fingerprint density at radius 3 is 2.42 bits per heavy atom. The van der Waals surface area contributed by atoms with Crippen LogP contribution in [-0.2, 0) is 4.79 Å². The van der Waals surface area contributed by atoms with Crippen LogP contribution >= 0.6 is 0 Å². The van der Waals surface area contributed by atoms with E-state index in [2.05, 4.69) is 5.10 Å². The van der Waals surface area contributed by atoms with Crippen LogP contribution in [0.1, 0.15) is 50.1 Å². The summed E-state index contributed by atoms with van der Waals surface area (Å²) in [5, 5.41) is 13.0. The molecule has 1 heterocycles. The number of rotatable bonds is 7. The SMILES string of the molecule is CCCN(CCC)C(=O)c1ccn(C(C)C(=O)O)n1. The van der Waals surface area contributed by atoms with Crippen molar-refractivity contribution in [1.29, 1.82) is 0 Å². The first-order chi connectivity index (χ1) is 9.01. The molecule has 106 valence electrons. The van der Waals surface area contributed by atoms with Crippen molar-refractivity contribution < 1.29 is 14.7 Å². The van der Waals surface area contributed by atoms with Gasteiger partial charge in [0.25, 0.3) is 5.91 Å². The predicted molar refractivity (Wildman–Crippen MR) is 71.1 cm³/mol. The molecule has 1 aromatic rings. The average molecular weight is 267 g/mol. The van der Waals surface area contributed by atoms with Crippen molar-refractivity contribution in [2.45, 2.75) is 39.7 Å². The summed E-state index contributed by atoms with van der Waals surface area (Å²) in [7, 11) is 0. The number of hydrogen-bond donors (Lipinski definition) is 1. The van der Waals surface area contributed by atoms with Gasteiger partial charge in [0.05, 0.1) is 0 Å². The predicted octanol–water partition coefficient (Wildman–Crippen LogP) is 1.79. The summed E-state index contributed by atoms with van der Waals surface area (Å²) in [5.41, 5.74) is 0.301. The van der Waals surface area contributed by atoms with Crippen molar-refractivity contribution in [3.63, 3.8) is 0 Å². The molecular formula is C13H21N3O3. The first-order valence-electron chi connectivity index (χ1n) is 6.58. The number of hydrogen-bond acceptors (Lipinski definition) is 3. The lowest BCUT2D eigenvalue weighted by molar-refractivity contribution is -0.140. The normalized spacial score (nSPS) is 12.2. The van der Waals surface area contributed by atoms with E-state index < -0.39 is 12.0 Å². The van der Waals surface area contributed by atoms with Crippen LogP contribution in [-0.4, -0.2) is 44.8 Å². The Morgan fingerprint density at radius 1 is 1.37 bits per heavy atom. The molecule has 6 heteroatoms. The van der Waals surface area contributed by atoms with Crippen LogP contribution in [0.15, 0.2) is 12.3 Å². The number of carbonyl (C=O) groups is 2. The minimum atomic E-state index is -0.971. The molecule has 19 heavy (non-hydrogen) atoms. The Hall–Kier alpha value is -1.85. The van der Waals surface area contributed by atoms with Crippen molar-refractivity contribution in [2.24, 2.45) is 0 Å². The van der Waals surface area contributed by atoms with Crippen molar-refractivity contribution in [2.75, 3.05) is 13.1 Å². The second-order valence-electron chi connectivity index (χ2n) is 4.49. The first kappa shape index (κ1) is 15.2. The second kappa shape index (κ2) is 6.92. The van der Waals surface area contributed by atoms with Gasteiger partial charge in [-0.05, 0) is 25.8 Å². The maximum Gasteiger partial charge on any atom is 0.328 e. The van der Waals surface area contributed by atoms with E-state index in [1.54, 1.807) is 11.0 Å². The second-order valence-corrected chi connectivity index (χ2v) is 4.49. The van der Waals surface area contributed by atoms with Crippen LogP contribution in [0.3, 0.4) is 0 Å². The minimum Gasteiger partial charge on any atom is -0.480 e. The molecular weight excluding hydrogens is 246 g/mol. The van der Waals surface area contributed by atoms with Crippen LogP contribution in [0.5, 0.6) is 0 Å². The third-order valence-corrected chi connectivity index (χ3v) is 2.86. The van der Waals surface area contributed by atoms with E-state index in [4.69, 9.17) is 5.11 Å². The molecule has 0 aliphatic rings. The molecule has 0 fully saturated rings. The molecule has 1 unspecified atom stereocenters. The van der Waals surface area contributed by atoms with E-state index in [1.165, 1.54) is 17.8 Å². The van der Waals surface area contributed by atoms with E-state index in [9.17, 15) is 9.59 Å². The van der Waals surface area contributed by atoms with Crippen LogP contribution < -0.4 is 0 Å². The van der Waals surface area contributed by atoms with E-state index in [-0.39, 0.29) is 5.91 Å². The van der Waals surface area contributed by atoms with Crippen molar-refractivity contribution >= 4 is 11.9 Å². The molecule has 1 amide bonds. The van der Waals surface area contributed by atoms with Crippen LogP contribution in [0.4, 0.5) is 0 Å². The van der Waals surface area contributed by atoms with Gasteiger partial charge in [-0.2, -0.15) is 5.10 Å². The molecule has 0 aliphatic heterocycles. The van der Waals surface area contributed by atoms with E-state index in [1.807, 2.05) is 13.8 Å². The van der Waals surface area contributed by atoms with E-state index in [0.717, 1.165) is 12.8 Å². The Balaban J connectivity index is 2.84. The van der Waals surface area contributed by atoms with Crippen LogP contribution in [0.2, 0.25) is 0 Å². The molecule has 1 atom stereocenters. The fourth-order valence-electron chi connectivity index (χ4n) is 1.80. The van der Waals surface area contributed by atoms with E-state index >= 15 is 0 Å². The zero-order valence-corrected chi connectivity index (χ0v) is 11.7. The molecule has 0 aliphatic carbocycles. The average Bonchev–Trinajstić information content (AvgIpc) is 2.86. The third kappa shape index (κ3) is 3.81. The molecule has 0 saturated carbocycles. The summed E-state index contributed by atoms with van der Waals surface area (Å²) >= 11 is 0. The minimum absolute atomic E-state index is 0.139. The number of nitrogens with zero attached hydrogens (tertiary/aromatic N) is 3. The Kier molecular flexibility index (Phi) is 5.54. The topological polar surface area (TPSA) is 75.4 Å². The van der Waals surface area contributed by atoms with Crippen molar-refractivity contribution in [1.82, 2.24) is 14.7 Å². The van der Waals surface area contributed by atoms with Gasteiger partial charge < -0.3 is 10.0 Å². The van der Waals surface area contributed by atoms with E-state index in [0.29, 0.717) is 18.8 Å². The van der Waals surface area contributed by atoms with Gasteiger partial charge in [0.15, 0.2) is 0 Å².